The van der Waals surface area contributed by atoms with Crippen molar-refractivity contribution in [3.8, 4) is 0 Å². The molecule has 0 amide bonds. The number of aliphatic carboxylic acids is 1. The van der Waals surface area contributed by atoms with Gasteiger partial charge in [-0.2, -0.15) is 0 Å². The van der Waals surface area contributed by atoms with Gasteiger partial charge in [0.15, 0.2) is 0 Å². The predicted molar refractivity (Wildman–Crippen MR) is 85.8 cm³/mol. The number of carbonyl (C=O) groups is 1. The van der Waals surface area contributed by atoms with Crippen molar-refractivity contribution < 1.29 is 9.90 Å². The van der Waals surface area contributed by atoms with Crippen LogP contribution < -0.4 is 0 Å². The molecule has 0 fully saturated rings. The standard InChI is InChI=1S/C18H28O2/c1-2-3-4-5-6-7-8-9-10-11-12-13-14-15-16-17-18(19)20/h4,6-10H,2-3,11-17H2,1H3,(H,19,20)/b8-7+,10-9+. The number of hydrogen-bond donors (Lipinski definition) is 1. The van der Waals surface area contributed by atoms with Gasteiger partial charge in [-0.25, -0.2) is 0 Å². The van der Waals surface area contributed by atoms with Crippen LogP contribution in [0.3, 0.4) is 0 Å². The van der Waals surface area contributed by atoms with E-state index in [4.69, 9.17) is 5.11 Å². The highest BCUT2D eigenvalue weighted by molar-refractivity contribution is 5.66. The molecule has 0 radical (unpaired) electrons. The monoisotopic (exact) mass is 276 g/mol. The van der Waals surface area contributed by atoms with E-state index in [1.54, 1.807) is 0 Å². The van der Waals surface area contributed by atoms with Crippen molar-refractivity contribution in [2.75, 3.05) is 0 Å². The molecule has 0 aromatic carbocycles. The summed E-state index contributed by atoms with van der Waals surface area (Å²) in [4.78, 5) is 10.3. The highest BCUT2D eigenvalue weighted by Crippen LogP contribution is 2.07. The van der Waals surface area contributed by atoms with Crippen molar-refractivity contribution in [3.05, 3.63) is 42.2 Å². The zero-order chi connectivity index (χ0) is 14.9. The third-order valence-electron chi connectivity index (χ3n) is 2.86. The maximum absolute atomic E-state index is 10.3. The van der Waals surface area contributed by atoms with E-state index in [-0.39, 0.29) is 0 Å². The number of unbranched alkanes of at least 4 members (excludes halogenated alkanes) is 6. The van der Waals surface area contributed by atoms with Crippen molar-refractivity contribution in [2.24, 2.45) is 0 Å². The second-order valence-electron chi connectivity index (χ2n) is 4.84. The minimum atomic E-state index is -0.682. The van der Waals surface area contributed by atoms with Crippen molar-refractivity contribution >= 4 is 5.97 Å². The molecule has 0 aliphatic rings. The van der Waals surface area contributed by atoms with Gasteiger partial charge in [0.1, 0.15) is 0 Å². The summed E-state index contributed by atoms with van der Waals surface area (Å²) in [6.45, 7) is 2.16. The van der Waals surface area contributed by atoms with E-state index >= 15 is 0 Å². The van der Waals surface area contributed by atoms with Gasteiger partial charge < -0.3 is 5.11 Å². The van der Waals surface area contributed by atoms with E-state index in [0.717, 1.165) is 32.1 Å². The molecular formula is C18H28O2. The fraction of sp³-hybridized carbons (Fsp3) is 0.556. The summed E-state index contributed by atoms with van der Waals surface area (Å²) in [7, 11) is 0. The normalized spacial score (nSPS) is 10.8. The number of allylic oxidation sites excluding steroid dienone is 5. The van der Waals surface area contributed by atoms with E-state index in [1.807, 2.05) is 18.2 Å². The molecule has 0 aromatic heterocycles. The minimum Gasteiger partial charge on any atom is -0.481 e. The molecule has 0 rings (SSSR count). The molecule has 0 aliphatic heterocycles. The number of carboxylic acids is 1. The molecular weight excluding hydrogens is 248 g/mol. The first-order chi connectivity index (χ1) is 9.77. The summed E-state index contributed by atoms with van der Waals surface area (Å²) in [5.41, 5.74) is 3.11. The first-order valence-corrected chi connectivity index (χ1v) is 7.72. The molecule has 0 heterocycles. The van der Waals surface area contributed by atoms with Crippen molar-refractivity contribution in [1.29, 1.82) is 0 Å². The summed E-state index contributed by atoms with van der Waals surface area (Å²) in [5, 5.41) is 8.49. The highest BCUT2D eigenvalue weighted by Gasteiger charge is 1.95. The zero-order valence-corrected chi connectivity index (χ0v) is 12.7. The van der Waals surface area contributed by atoms with Crippen molar-refractivity contribution in [3.63, 3.8) is 0 Å². The Morgan fingerprint density at radius 3 is 2.50 bits per heavy atom. The van der Waals surface area contributed by atoms with Gasteiger partial charge in [-0.15, -0.1) is 5.73 Å². The first kappa shape index (κ1) is 18.5. The van der Waals surface area contributed by atoms with Gasteiger partial charge >= 0.3 is 5.97 Å². The number of rotatable bonds is 12. The maximum atomic E-state index is 10.3. The smallest absolute Gasteiger partial charge is 0.303 e. The van der Waals surface area contributed by atoms with Crippen molar-refractivity contribution in [2.45, 2.75) is 64.7 Å². The van der Waals surface area contributed by atoms with E-state index in [9.17, 15) is 4.79 Å². The second-order valence-corrected chi connectivity index (χ2v) is 4.84. The lowest BCUT2D eigenvalue weighted by molar-refractivity contribution is -0.137. The van der Waals surface area contributed by atoms with Gasteiger partial charge in [0.25, 0.3) is 0 Å². The largest absolute Gasteiger partial charge is 0.481 e. The third-order valence-corrected chi connectivity index (χ3v) is 2.86. The van der Waals surface area contributed by atoms with Crippen LogP contribution in [-0.4, -0.2) is 11.1 Å². The molecule has 1 N–H and O–H groups in total. The van der Waals surface area contributed by atoms with Gasteiger partial charge in [-0.1, -0.05) is 56.9 Å². The SMILES string of the molecule is CCCC=C=C/C=C/C=C/CCCCCCCC(=O)O. The Kier molecular flexibility index (Phi) is 14.3. The third kappa shape index (κ3) is 16.5. The van der Waals surface area contributed by atoms with Crippen LogP contribution in [0.25, 0.3) is 0 Å². The molecule has 20 heavy (non-hydrogen) atoms. The Morgan fingerprint density at radius 1 is 1.00 bits per heavy atom. The molecule has 0 unspecified atom stereocenters. The van der Waals surface area contributed by atoms with Crippen LogP contribution >= 0.6 is 0 Å². The van der Waals surface area contributed by atoms with Crippen LogP contribution in [0.15, 0.2) is 42.2 Å². The van der Waals surface area contributed by atoms with Gasteiger partial charge in [0.2, 0.25) is 0 Å². The molecule has 2 heteroatoms. The lowest BCUT2D eigenvalue weighted by atomic mass is 10.1. The Labute approximate surface area is 123 Å². The summed E-state index contributed by atoms with van der Waals surface area (Å²) >= 11 is 0. The molecule has 0 saturated carbocycles. The predicted octanol–water partition coefficient (Wildman–Crippen LogP) is 5.43. The average Bonchev–Trinajstić information content (AvgIpc) is 2.43. The molecule has 0 bridgehead atoms. The van der Waals surface area contributed by atoms with E-state index in [2.05, 4.69) is 30.9 Å². The van der Waals surface area contributed by atoms with Crippen LogP contribution in [0.5, 0.6) is 0 Å². The minimum absolute atomic E-state index is 0.310. The van der Waals surface area contributed by atoms with Crippen LogP contribution in [-0.2, 0) is 4.79 Å². The molecule has 0 spiro atoms. The molecule has 0 aliphatic carbocycles. The van der Waals surface area contributed by atoms with E-state index in [0.29, 0.717) is 6.42 Å². The van der Waals surface area contributed by atoms with Gasteiger partial charge in [-0.05, 0) is 37.8 Å². The fourth-order valence-electron chi connectivity index (χ4n) is 1.71. The Hall–Kier alpha value is -1.53. The Morgan fingerprint density at radius 2 is 1.75 bits per heavy atom. The zero-order valence-electron chi connectivity index (χ0n) is 12.7. The second kappa shape index (κ2) is 15.5. The fourth-order valence-corrected chi connectivity index (χ4v) is 1.71. The lowest BCUT2D eigenvalue weighted by Gasteiger charge is -1.97. The molecule has 0 aromatic rings. The Balaban J connectivity index is 3.37. The maximum Gasteiger partial charge on any atom is 0.303 e. The quantitative estimate of drug-likeness (QED) is 0.293. The summed E-state index contributed by atoms with van der Waals surface area (Å²) < 4.78 is 0. The van der Waals surface area contributed by atoms with E-state index < -0.39 is 5.97 Å². The molecule has 0 saturated heterocycles. The van der Waals surface area contributed by atoms with Crippen LogP contribution in [0.1, 0.15) is 64.7 Å². The summed E-state index contributed by atoms with van der Waals surface area (Å²) in [6, 6.07) is 0. The van der Waals surface area contributed by atoms with Crippen LogP contribution in [0.2, 0.25) is 0 Å². The van der Waals surface area contributed by atoms with Gasteiger partial charge in [0.05, 0.1) is 0 Å². The van der Waals surface area contributed by atoms with Gasteiger partial charge in [-0.3, -0.25) is 4.79 Å². The molecule has 0 atom stereocenters. The van der Waals surface area contributed by atoms with Crippen LogP contribution in [0, 0.1) is 0 Å². The van der Waals surface area contributed by atoms with E-state index in [1.165, 1.54) is 19.3 Å². The number of carboxylic acid groups (broad SMARTS) is 1. The van der Waals surface area contributed by atoms with Crippen molar-refractivity contribution in [1.82, 2.24) is 0 Å². The summed E-state index contributed by atoms with van der Waals surface area (Å²) in [6.07, 6.45) is 21.3. The molecule has 2 nitrogen and oxygen atoms in total. The average molecular weight is 276 g/mol. The number of hydrogen-bond acceptors (Lipinski definition) is 1. The van der Waals surface area contributed by atoms with Gasteiger partial charge in [0, 0.05) is 6.42 Å². The topological polar surface area (TPSA) is 37.3 Å². The lowest BCUT2D eigenvalue weighted by Crippen LogP contribution is -1.93. The summed E-state index contributed by atoms with van der Waals surface area (Å²) in [5.74, 6) is -0.682. The first-order valence-electron chi connectivity index (χ1n) is 7.72. The molecule has 112 valence electrons. The highest BCUT2D eigenvalue weighted by atomic mass is 16.4. The van der Waals surface area contributed by atoms with Crippen LogP contribution in [0.4, 0.5) is 0 Å². The Bertz CT molecular complexity index is 344.